The molecule has 2 atom stereocenters. The van der Waals surface area contributed by atoms with Crippen molar-refractivity contribution in [1.82, 2.24) is 10.2 Å². The van der Waals surface area contributed by atoms with Gasteiger partial charge in [0.1, 0.15) is 11.6 Å². The van der Waals surface area contributed by atoms with Crippen molar-refractivity contribution < 1.29 is 8.78 Å². The van der Waals surface area contributed by atoms with E-state index in [0.717, 1.165) is 25.6 Å². The van der Waals surface area contributed by atoms with Gasteiger partial charge in [-0.15, -0.1) is 0 Å². The molecule has 2 nitrogen and oxygen atoms in total. The van der Waals surface area contributed by atoms with E-state index >= 15 is 0 Å². The van der Waals surface area contributed by atoms with Gasteiger partial charge in [-0.2, -0.15) is 0 Å². The minimum atomic E-state index is -0.508. The van der Waals surface area contributed by atoms with E-state index in [4.69, 9.17) is 0 Å². The highest BCUT2D eigenvalue weighted by molar-refractivity contribution is 5.21. The van der Waals surface area contributed by atoms with Crippen LogP contribution in [0.4, 0.5) is 8.78 Å². The highest BCUT2D eigenvalue weighted by Gasteiger charge is 2.27. The quantitative estimate of drug-likeness (QED) is 0.860. The minimum absolute atomic E-state index is 0.0105. The first-order valence-electron chi connectivity index (χ1n) is 7.88. The van der Waals surface area contributed by atoms with Gasteiger partial charge in [-0.1, -0.05) is 13.8 Å². The molecule has 0 bridgehead atoms. The summed E-state index contributed by atoms with van der Waals surface area (Å²) in [6, 6.07) is 4.41. The van der Waals surface area contributed by atoms with Crippen molar-refractivity contribution in [3.8, 4) is 0 Å². The molecule has 0 aromatic heterocycles. The SMILES string of the molecule is CNC(CCN1CCCC1C(C)C)c1cc(F)cc(F)c1. The Bertz CT molecular complexity index is 442. The van der Waals surface area contributed by atoms with Crippen molar-refractivity contribution in [3.63, 3.8) is 0 Å². The number of nitrogens with one attached hydrogen (secondary N) is 1. The second-order valence-electron chi connectivity index (χ2n) is 6.32. The summed E-state index contributed by atoms with van der Waals surface area (Å²) in [5.41, 5.74) is 0.690. The van der Waals surface area contributed by atoms with E-state index in [1.54, 1.807) is 0 Å². The number of rotatable bonds is 6. The van der Waals surface area contributed by atoms with Crippen LogP contribution in [0.25, 0.3) is 0 Å². The maximum atomic E-state index is 13.4. The van der Waals surface area contributed by atoms with E-state index < -0.39 is 11.6 Å². The Morgan fingerprint density at radius 2 is 1.90 bits per heavy atom. The van der Waals surface area contributed by atoms with Crippen LogP contribution in [0.2, 0.25) is 0 Å². The molecule has 0 aliphatic carbocycles. The van der Waals surface area contributed by atoms with Crippen molar-refractivity contribution in [3.05, 3.63) is 35.4 Å². The van der Waals surface area contributed by atoms with Gasteiger partial charge < -0.3 is 10.2 Å². The average molecular weight is 296 g/mol. The summed E-state index contributed by atoms with van der Waals surface area (Å²) < 4.78 is 26.7. The van der Waals surface area contributed by atoms with Crippen molar-refractivity contribution in [2.75, 3.05) is 20.1 Å². The molecule has 1 aliphatic rings. The van der Waals surface area contributed by atoms with E-state index in [2.05, 4.69) is 24.1 Å². The molecule has 1 aromatic rings. The van der Waals surface area contributed by atoms with E-state index in [1.165, 1.54) is 25.0 Å². The molecule has 1 aromatic carbocycles. The third-order valence-electron chi connectivity index (χ3n) is 4.52. The van der Waals surface area contributed by atoms with Crippen LogP contribution in [0.15, 0.2) is 18.2 Å². The predicted molar refractivity (Wildman–Crippen MR) is 82.2 cm³/mol. The van der Waals surface area contributed by atoms with Crippen LogP contribution in [0.3, 0.4) is 0 Å². The van der Waals surface area contributed by atoms with Gasteiger partial charge in [0.2, 0.25) is 0 Å². The second-order valence-corrected chi connectivity index (χ2v) is 6.32. The fourth-order valence-electron chi connectivity index (χ4n) is 3.43. The summed E-state index contributed by atoms with van der Waals surface area (Å²) in [6.07, 6.45) is 3.38. The van der Waals surface area contributed by atoms with Crippen LogP contribution in [-0.4, -0.2) is 31.1 Å². The summed E-state index contributed by atoms with van der Waals surface area (Å²) >= 11 is 0. The number of halogens is 2. The standard InChI is InChI=1S/C17H26F2N2/c1-12(2)17-5-4-7-21(17)8-6-16(20-3)13-9-14(18)11-15(19)10-13/h9-12,16-17,20H,4-8H2,1-3H3. The second kappa shape index (κ2) is 7.32. The molecule has 1 N–H and O–H groups in total. The molecule has 21 heavy (non-hydrogen) atoms. The van der Waals surface area contributed by atoms with Gasteiger partial charge in [-0.05, 0) is 56.5 Å². The van der Waals surface area contributed by atoms with Crippen LogP contribution in [0.5, 0.6) is 0 Å². The average Bonchev–Trinajstić information content (AvgIpc) is 2.87. The van der Waals surface area contributed by atoms with Crippen LogP contribution in [0.1, 0.15) is 44.7 Å². The first kappa shape index (κ1) is 16.4. The summed E-state index contributed by atoms with van der Waals surface area (Å²) in [6.45, 7) is 6.63. The maximum Gasteiger partial charge on any atom is 0.126 e. The molecule has 2 unspecified atom stereocenters. The molecule has 2 rings (SSSR count). The third-order valence-corrected chi connectivity index (χ3v) is 4.52. The number of hydrogen-bond acceptors (Lipinski definition) is 2. The molecule has 0 saturated carbocycles. The van der Waals surface area contributed by atoms with Gasteiger partial charge in [0.05, 0.1) is 0 Å². The smallest absolute Gasteiger partial charge is 0.126 e. The molecule has 0 amide bonds. The summed E-state index contributed by atoms with van der Waals surface area (Å²) in [7, 11) is 1.84. The van der Waals surface area contributed by atoms with E-state index in [9.17, 15) is 8.78 Å². The Morgan fingerprint density at radius 3 is 2.48 bits per heavy atom. The molecule has 4 heteroatoms. The number of likely N-dealkylation sites (tertiary alicyclic amines) is 1. The normalized spacial score (nSPS) is 21.1. The zero-order valence-electron chi connectivity index (χ0n) is 13.2. The zero-order chi connectivity index (χ0) is 15.4. The van der Waals surface area contributed by atoms with Crippen molar-refractivity contribution >= 4 is 0 Å². The maximum absolute atomic E-state index is 13.4. The van der Waals surface area contributed by atoms with Crippen LogP contribution in [-0.2, 0) is 0 Å². The van der Waals surface area contributed by atoms with Gasteiger partial charge in [0.25, 0.3) is 0 Å². The molecule has 118 valence electrons. The Morgan fingerprint density at radius 1 is 1.24 bits per heavy atom. The molecular weight excluding hydrogens is 270 g/mol. The first-order chi connectivity index (χ1) is 10.0. The first-order valence-corrected chi connectivity index (χ1v) is 7.88. The number of hydrogen-bond donors (Lipinski definition) is 1. The Labute approximate surface area is 126 Å². The zero-order valence-corrected chi connectivity index (χ0v) is 13.2. The van der Waals surface area contributed by atoms with E-state index in [-0.39, 0.29) is 6.04 Å². The van der Waals surface area contributed by atoms with Crippen molar-refractivity contribution in [1.29, 1.82) is 0 Å². The fraction of sp³-hybridized carbons (Fsp3) is 0.647. The van der Waals surface area contributed by atoms with Gasteiger partial charge in [0.15, 0.2) is 0 Å². The molecule has 1 aliphatic heterocycles. The van der Waals surface area contributed by atoms with Gasteiger partial charge in [0, 0.05) is 24.7 Å². The topological polar surface area (TPSA) is 15.3 Å². The number of nitrogens with zero attached hydrogens (tertiary/aromatic N) is 1. The summed E-state index contributed by atoms with van der Waals surface area (Å²) in [5.74, 6) is -0.356. The van der Waals surface area contributed by atoms with Gasteiger partial charge in [-0.25, -0.2) is 8.78 Å². The van der Waals surface area contributed by atoms with Gasteiger partial charge >= 0.3 is 0 Å². The number of benzene rings is 1. The van der Waals surface area contributed by atoms with Crippen LogP contribution < -0.4 is 5.32 Å². The highest BCUT2D eigenvalue weighted by atomic mass is 19.1. The Kier molecular flexibility index (Phi) is 5.71. The third kappa shape index (κ3) is 4.24. The summed E-state index contributed by atoms with van der Waals surface area (Å²) in [4.78, 5) is 2.52. The Hall–Kier alpha value is -1.00. The minimum Gasteiger partial charge on any atom is -0.313 e. The molecule has 1 fully saturated rings. The molecule has 0 spiro atoms. The van der Waals surface area contributed by atoms with Crippen LogP contribution in [0, 0.1) is 17.6 Å². The highest BCUT2D eigenvalue weighted by Crippen LogP contribution is 2.26. The van der Waals surface area contributed by atoms with Crippen molar-refractivity contribution in [2.45, 2.75) is 45.2 Å². The van der Waals surface area contributed by atoms with E-state index in [1.807, 2.05) is 7.05 Å². The van der Waals surface area contributed by atoms with E-state index in [0.29, 0.717) is 17.5 Å². The lowest BCUT2D eigenvalue weighted by Crippen LogP contribution is -2.35. The fourth-order valence-corrected chi connectivity index (χ4v) is 3.43. The molecule has 1 heterocycles. The monoisotopic (exact) mass is 296 g/mol. The molecule has 1 saturated heterocycles. The lowest BCUT2D eigenvalue weighted by atomic mass is 10.00. The molecular formula is C17H26F2N2. The lowest BCUT2D eigenvalue weighted by molar-refractivity contribution is 0.197. The lowest BCUT2D eigenvalue weighted by Gasteiger charge is -2.29. The largest absolute Gasteiger partial charge is 0.313 e. The molecule has 0 radical (unpaired) electrons. The van der Waals surface area contributed by atoms with Crippen molar-refractivity contribution in [2.24, 2.45) is 5.92 Å². The Balaban J connectivity index is 1.99. The van der Waals surface area contributed by atoms with Crippen LogP contribution >= 0.6 is 0 Å². The predicted octanol–water partition coefficient (Wildman–Crippen LogP) is 3.74. The van der Waals surface area contributed by atoms with Gasteiger partial charge in [-0.3, -0.25) is 0 Å². The summed E-state index contributed by atoms with van der Waals surface area (Å²) in [5, 5.41) is 3.18.